The van der Waals surface area contributed by atoms with E-state index >= 15 is 0 Å². The fraction of sp³-hybridized carbons (Fsp3) is 0.172. The lowest BCUT2D eigenvalue weighted by molar-refractivity contribution is 0.102. The number of methoxy groups -OCH3 is 1. The number of para-hydroxylation sites is 1. The number of carbonyl (C=O) groups is 1. The van der Waals surface area contributed by atoms with Crippen LogP contribution in [-0.4, -0.2) is 45.5 Å². The number of fused-ring (bicyclic) bond motifs is 1. The van der Waals surface area contributed by atoms with Gasteiger partial charge in [-0.05, 0) is 62.5 Å². The summed E-state index contributed by atoms with van der Waals surface area (Å²) in [6.45, 7) is 5.27. The van der Waals surface area contributed by atoms with Gasteiger partial charge < -0.3 is 19.6 Å². The second kappa shape index (κ2) is 10.8. The van der Waals surface area contributed by atoms with Crippen molar-refractivity contribution in [3.05, 3.63) is 101 Å². The van der Waals surface area contributed by atoms with Gasteiger partial charge in [-0.1, -0.05) is 18.2 Å². The number of carbonyl (C=O) groups excluding carboxylic acids is 1. The van der Waals surface area contributed by atoms with Crippen molar-refractivity contribution in [3.63, 3.8) is 0 Å². The Morgan fingerprint density at radius 3 is 2.45 bits per heavy atom. The number of ether oxygens (including phenoxy) is 2. The summed E-state index contributed by atoms with van der Waals surface area (Å²) in [4.78, 5) is 46.1. The first-order valence-electron chi connectivity index (χ1n) is 12.6. The Hall–Kier alpha value is -4.74. The second-order valence-corrected chi connectivity index (χ2v) is 13.9. The zero-order valence-electron chi connectivity index (χ0n) is 22.6. The van der Waals surface area contributed by atoms with E-state index in [0.29, 0.717) is 28.6 Å². The maximum absolute atomic E-state index is 13.5. The summed E-state index contributed by atoms with van der Waals surface area (Å²) in [5, 5.41) is 3.53. The topological polar surface area (TPSA) is 120 Å². The van der Waals surface area contributed by atoms with Crippen molar-refractivity contribution in [2.75, 3.05) is 12.4 Å². The quantitative estimate of drug-likeness (QED) is 0.267. The minimum Gasteiger partial charge on any atom is -0.497 e. The summed E-state index contributed by atoms with van der Waals surface area (Å²) in [5.74, 6) is 1.43. The normalized spacial score (nSPS) is 11.4. The number of benzene rings is 2. The third-order valence-electron chi connectivity index (χ3n) is 6.28. The third kappa shape index (κ3) is 5.51. The monoisotopic (exact) mass is 555 g/mol. The molecule has 0 spiro atoms. The fourth-order valence-corrected chi connectivity index (χ4v) is 5.54. The number of amides is 1. The molecule has 2 aromatic carbocycles. The van der Waals surface area contributed by atoms with Crippen LogP contribution in [0.15, 0.2) is 83.9 Å². The van der Waals surface area contributed by atoms with Crippen molar-refractivity contribution in [2.45, 2.75) is 26.2 Å². The lowest BCUT2D eigenvalue weighted by Gasteiger charge is -2.20. The Balaban J connectivity index is 1.40. The molecule has 0 aliphatic carbocycles. The Bertz CT molecular complexity index is 1740. The maximum Gasteiger partial charge on any atom is 0.284 e. The van der Waals surface area contributed by atoms with Crippen LogP contribution in [0, 0.1) is 6.92 Å². The van der Waals surface area contributed by atoms with Gasteiger partial charge in [0.05, 0.1) is 36.4 Å². The van der Waals surface area contributed by atoms with E-state index < -0.39 is 19.8 Å². The molecule has 204 valence electrons. The van der Waals surface area contributed by atoms with Crippen LogP contribution in [0.1, 0.15) is 16.1 Å². The number of aromatic nitrogens is 4. The largest absolute Gasteiger partial charge is 0.497 e. The van der Waals surface area contributed by atoms with E-state index in [2.05, 4.69) is 15.3 Å². The van der Waals surface area contributed by atoms with Crippen LogP contribution in [-0.2, 0) is 6.17 Å². The van der Waals surface area contributed by atoms with Crippen LogP contribution in [0.2, 0.25) is 13.1 Å². The number of anilines is 1. The van der Waals surface area contributed by atoms with Crippen LogP contribution in [0.25, 0.3) is 16.6 Å². The van der Waals surface area contributed by atoms with Gasteiger partial charge in [0.25, 0.3) is 11.5 Å². The fourth-order valence-electron chi connectivity index (χ4n) is 4.43. The molecule has 0 unspecified atom stereocenters. The number of nitrogens with one attached hydrogen (secondary N) is 1. The number of hydrogen-bond acceptors (Lipinski definition) is 7. The molecule has 0 atom stereocenters. The summed E-state index contributed by atoms with van der Waals surface area (Å²) >= 11 is 0. The SMILES string of the molecule is COc1ccc2c(Oc3ccc(NC(=O)c4c(C)n(C[Si](C)(C)O)n(-c5ccccc5)c4=O)nc3)ccnc2c1. The van der Waals surface area contributed by atoms with Crippen LogP contribution < -0.4 is 20.3 Å². The van der Waals surface area contributed by atoms with Gasteiger partial charge in [0.15, 0.2) is 0 Å². The summed E-state index contributed by atoms with van der Waals surface area (Å²) in [6, 6.07) is 19.6. The predicted octanol–water partition coefficient (Wildman–Crippen LogP) is 4.68. The first kappa shape index (κ1) is 26.8. The minimum atomic E-state index is -2.64. The smallest absolute Gasteiger partial charge is 0.284 e. The van der Waals surface area contributed by atoms with E-state index in [4.69, 9.17) is 9.47 Å². The lowest BCUT2D eigenvalue weighted by Crippen LogP contribution is -2.36. The molecule has 10 nitrogen and oxygen atoms in total. The van der Waals surface area contributed by atoms with Gasteiger partial charge >= 0.3 is 0 Å². The lowest BCUT2D eigenvalue weighted by atomic mass is 10.2. The van der Waals surface area contributed by atoms with Gasteiger partial charge in [-0.25, -0.2) is 9.67 Å². The summed E-state index contributed by atoms with van der Waals surface area (Å²) < 4.78 is 14.4. The number of rotatable bonds is 8. The molecule has 0 saturated heterocycles. The standard InChI is InChI=1S/C29H29N5O5Si/c1-19-27(29(36)34(20-8-6-5-7-9-20)33(19)18-40(3,4)37)28(35)32-26-13-11-22(17-31-26)39-25-14-15-30-24-16-21(38-2)10-12-23(24)25/h5-17,37H,18H2,1-4H3,(H,31,32,35). The van der Waals surface area contributed by atoms with Crippen molar-refractivity contribution in [2.24, 2.45) is 0 Å². The number of nitrogens with zero attached hydrogens (tertiary/aromatic N) is 4. The molecule has 1 amide bonds. The average molecular weight is 556 g/mol. The van der Waals surface area contributed by atoms with E-state index in [0.717, 1.165) is 10.9 Å². The third-order valence-corrected chi connectivity index (χ3v) is 7.35. The van der Waals surface area contributed by atoms with Gasteiger partial charge in [-0.2, -0.15) is 0 Å². The van der Waals surface area contributed by atoms with Crippen LogP contribution in [0.5, 0.6) is 17.2 Å². The molecule has 5 aromatic rings. The molecule has 0 aliphatic heterocycles. The van der Waals surface area contributed by atoms with Crippen LogP contribution in [0.4, 0.5) is 5.82 Å². The van der Waals surface area contributed by atoms with Crippen molar-refractivity contribution in [1.29, 1.82) is 0 Å². The maximum atomic E-state index is 13.5. The highest BCUT2D eigenvalue weighted by atomic mass is 28.4. The van der Waals surface area contributed by atoms with E-state index in [1.165, 1.54) is 10.9 Å². The van der Waals surface area contributed by atoms with Crippen LogP contribution >= 0.6 is 0 Å². The Labute approximate surface area is 231 Å². The molecule has 0 aliphatic rings. The molecule has 0 bridgehead atoms. The van der Waals surface area contributed by atoms with Gasteiger partial charge in [-0.3, -0.25) is 19.3 Å². The molecule has 0 saturated carbocycles. The van der Waals surface area contributed by atoms with Gasteiger partial charge in [-0.15, -0.1) is 0 Å². The zero-order chi connectivity index (χ0) is 28.4. The Kier molecular flexibility index (Phi) is 7.24. The second-order valence-electron chi connectivity index (χ2n) is 9.91. The highest BCUT2D eigenvalue weighted by molar-refractivity contribution is 6.68. The molecular formula is C29H29N5O5Si. The first-order valence-corrected chi connectivity index (χ1v) is 15.8. The van der Waals surface area contributed by atoms with E-state index in [-0.39, 0.29) is 17.5 Å². The molecule has 3 aromatic heterocycles. The molecule has 0 radical (unpaired) electrons. The van der Waals surface area contributed by atoms with Crippen molar-refractivity contribution in [3.8, 4) is 22.9 Å². The molecule has 40 heavy (non-hydrogen) atoms. The van der Waals surface area contributed by atoms with Gasteiger partial charge in [0, 0.05) is 17.6 Å². The van der Waals surface area contributed by atoms with E-state index in [1.807, 2.05) is 36.4 Å². The highest BCUT2D eigenvalue weighted by Gasteiger charge is 2.28. The summed E-state index contributed by atoms with van der Waals surface area (Å²) in [5.41, 5.74) is 1.31. The van der Waals surface area contributed by atoms with E-state index in [1.54, 1.807) is 68.3 Å². The number of pyridine rings is 2. The average Bonchev–Trinajstić information content (AvgIpc) is 3.17. The van der Waals surface area contributed by atoms with Crippen molar-refractivity contribution >= 4 is 30.9 Å². The predicted molar refractivity (Wildman–Crippen MR) is 155 cm³/mol. The van der Waals surface area contributed by atoms with Gasteiger partial charge in [0.1, 0.15) is 28.6 Å². The highest BCUT2D eigenvalue weighted by Crippen LogP contribution is 2.30. The molecule has 5 rings (SSSR count). The minimum absolute atomic E-state index is 0.0112. The van der Waals surface area contributed by atoms with Gasteiger partial charge in [0.2, 0.25) is 8.32 Å². The summed E-state index contributed by atoms with van der Waals surface area (Å²) in [6.07, 6.45) is 3.39. The summed E-state index contributed by atoms with van der Waals surface area (Å²) in [7, 11) is -1.04. The van der Waals surface area contributed by atoms with E-state index in [9.17, 15) is 14.4 Å². The van der Waals surface area contributed by atoms with Crippen molar-refractivity contribution < 1.29 is 19.1 Å². The Morgan fingerprint density at radius 2 is 1.77 bits per heavy atom. The van der Waals surface area contributed by atoms with Crippen LogP contribution in [0.3, 0.4) is 0 Å². The molecule has 0 fully saturated rings. The first-order chi connectivity index (χ1) is 19.1. The molecule has 2 N–H and O–H groups in total. The molecule has 3 heterocycles. The molecular weight excluding hydrogens is 526 g/mol. The number of hydrogen-bond donors (Lipinski definition) is 2. The van der Waals surface area contributed by atoms with Crippen molar-refractivity contribution in [1.82, 2.24) is 19.3 Å². The Morgan fingerprint density at radius 1 is 1.02 bits per heavy atom. The molecule has 11 heteroatoms. The zero-order valence-corrected chi connectivity index (χ0v) is 23.6.